The van der Waals surface area contributed by atoms with E-state index in [9.17, 15) is 13.2 Å². The van der Waals surface area contributed by atoms with E-state index in [1.165, 1.54) is 10.6 Å². The first-order chi connectivity index (χ1) is 14.9. The molecular weight excluding hydrogens is 412 g/mol. The highest BCUT2D eigenvalue weighted by Crippen LogP contribution is 2.47. The molecule has 2 aliphatic rings. The van der Waals surface area contributed by atoms with Crippen LogP contribution in [0.15, 0.2) is 60.7 Å². The van der Waals surface area contributed by atoms with Gasteiger partial charge in [-0.3, -0.25) is 9.62 Å². The Morgan fingerprint density at radius 3 is 2.48 bits per heavy atom. The molecule has 0 saturated carbocycles. The molecule has 1 saturated heterocycles. The number of carbonyl (C=O) groups excluding carboxylic acids is 1. The number of rotatable bonds is 2. The summed E-state index contributed by atoms with van der Waals surface area (Å²) in [6.07, 6.45) is 2.69. The van der Waals surface area contributed by atoms with E-state index in [0.29, 0.717) is 38.3 Å². The molecule has 2 aromatic carbocycles. The van der Waals surface area contributed by atoms with Crippen molar-refractivity contribution in [3.63, 3.8) is 0 Å². The van der Waals surface area contributed by atoms with Crippen LogP contribution < -0.4 is 9.62 Å². The van der Waals surface area contributed by atoms with E-state index in [4.69, 9.17) is 0 Å². The largest absolute Gasteiger partial charge is 0.324 e. The lowest BCUT2D eigenvalue weighted by Crippen LogP contribution is -2.48. The van der Waals surface area contributed by atoms with E-state index in [1.807, 2.05) is 60.7 Å². The molecule has 0 unspecified atom stereocenters. The highest BCUT2D eigenvalue weighted by Gasteiger charge is 2.47. The van der Waals surface area contributed by atoms with Crippen molar-refractivity contribution in [3.05, 3.63) is 66.2 Å². The number of amides is 2. The van der Waals surface area contributed by atoms with Crippen molar-refractivity contribution >= 4 is 38.5 Å². The molecule has 3 heterocycles. The van der Waals surface area contributed by atoms with Gasteiger partial charge < -0.3 is 4.90 Å². The number of anilines is 2. The number of hydrogen-bond donors (Lipinski definition) is 1. The van der Waals surface area contributed by atoms with Gasteiger partial charge in [-0.15, -0.1) is 0 Å². The predicted molar refractivity (Wildman–Crippen MR) is 122 cm³/mol. The fourth-order valence-electron chi connectivity index (χ4n) is 4.77. The maximum atomic E-state index is 12.8. The minimum atomic E-state index is -3.35. The number of para-hydroxylation sites is 2. The average molecular weight is 437 g/mol. The highest BCUT2D eigenvalue weighted by atomic mass is 32.2. The van der Waals surface area contributed by atoms with E-state index >= 15 is 0 Å². The number of fused-ring (bicyclic) bond motifs is 3. The first-order valence-electron chi connectivity index (χ1n) is 10.3. The fourth-order valence-corrected chi connectivity index (χ4v) is 5.77. The van der Waals surface area contributed by atoms with E-state index in [2.05, 4.69) is 10.3 Å². The molecule has 1 fully saturated rings. The lowest BCUT2D eigenvalue weighted by atomic mass is 9.74. The number of urea groups is 1. The van der Waals surface area contributed by atoms with Crippen LogP contribution in [-0.2, 0) is 15.4 Å². The van der Waals surface area contributed by atoms with Crippen molar-refractivity contribution in [1.82, 2.24) is 9.88 Å². The molecule has 0 bridgehead atoms. The predicted octanol–water partition coefficient (Wildman–Crippen LogP) is 3.58. The van der Waals surface area contributed by atoms with Gasteiger partial charge in [0.15, 0.2) is 0 Å². The first-order valence-corrected chi connectivity index (χ1v) is 12.2. The van der Waals surface area contributed by atoms with Gasteiger partial charge in [0.05, 0.1) is 17.5 Å². The second-order valence-electron chi connectivity index (χ2n) is 8.37. The molecule has 0 aliphatic carbocycles. The smallest absolute Gasteiger partial charge is 0.323 e. The maximum Gasteiger partial charge on any atom is 0.323 e. The van der Waals surface area contributed by atoms with Gasteiger partial charge in [-0.05, 0) is 42.7 Å². The molecule has 31 heavy (non-hydrogen) atoms. The van der Waals surface area contributed by atoms with Crippen molar-refractivity contribution in [1.29, 1.82) is 0 Å². The van der Waals surface area contributed by atoms with E-state index < -0.39 is 10.0 Å². The molecule has 2 aliphatic heterocycles. The minimum absolute atomic E-state index is 0.177. The Hall–Kier alpha value is -3.13. The average Bonchev–Trinajstić information content (AvgIpc) is 3.09. The number of benzene rings is 2. The summed E-state index contributed by atoms with van der Waals surface area (Å²) in [5.41, 5.74) is 2.42. The van der Waals surface area contributed by atoms with Crippen LogP contribution in [0.5, 0.6) is 0 Å². The molecule has 1 aromatic heterocycles. The highest BCUT2D eigenvalue weighted by molar-refractivity contribution is 7.92. The van der Waals surface area contributed by atoms with E-state index in [1.54, 1.807) is 4.90 Å². The van der Waals surface area contributed by atoms with Crippen LogP contribution in [-0.4, -0.2) is 50.2 Å². The quantitative estimate of drug-likeness (QED) is 0.666. The van der Waals surface area contributed by atoms with Gasteiger partial charge in [0, 0.05) is 30.4 Å². The normalized spacial score (nSPS) is 17.7. The molecule has 3 aromatic rings. The minimum Gasteiger partial charge on any atom is -0.324 e. The SMILES string of the molecule is CS(=O)(=O)N1CC2(CCN(C(=O)Nc3ccc4ccccc4n3)CC2)c2ccccc21. The monoisotopic (exact) mass is 436 g/mol. The molecule has 1 N–H and O–H groups in total. The number of hydrogen-bond acceptors (Lipinski definition) is 4. The zero-order chi connectivity index (χ0) is 21.6. The molecule has 7 nitrogen and oxygen atoms in total. The van der Waals surface area contributed by atoms with E-state index in [-0.39, 0.29) is 11.4 Å². The molecular formula is C23H24N4O3S. The third kappa shape index (κ3) is 3.50. The second kappa shape index (κ2) is 7.23. The Morgan fingerprint density at radius 2 is 1.71 bits per heavy atom. The van der Waals surface area contributed by atoms with Crippen LogP contribution in [0.2, 0.25) is 0 Å². The summed E-state index contributed by atoms with van der Waals surface area (Å²) in [6.45, 7) is 1.56. The van der Waals surface area contributed by atoms with Gasteiger partial charge in [0.25, 0.3) is 0 Å². The Balaban J connectivity index is 1.31. The second-order valence-corrected chi connectivity index (χ2v) is 10.3. The van der Waals surface area contributed by atoms with Crippen molar-refractivity contribution in [2.24, 2.45) is 0 Å². The van der Waals surface area contributed by atoms with Gasteiger partial charge in [0.2, 0.25) is 10.0 Å². The Kier molecular flexibility index (Phi) is 4.62. The maximum absolute atomic E-state index is 12.8. The summed E-state index contributed by atoms with van der Waals surface area (Å²) in [5, 5.41) is 3.93. The molecule has 2 amide bonds. The summed E-state index contributed by atoms with van der Waals surface area (Å²) in [7, 11) is -3.35. The van der Waals surface area contributed by atoms with E-state index in [0.717, 1.165) is 22.2 Å². The van der Waals surface area contributed by atoms with Crippen molar-refractivity contribution in [2.75, 3.05) is 35.5 Å². The van der Waals surface area contributed by atoms with Crippen molar-refractivity contribution in [2.45, 2.75) is 18.3 Å². The van der Waals surface area contributed by atoms with Crippen molar-refractivity contribution < 1.29 is 13.2 Å². The number of carbonyl (C=O) groups is 1. The Bertz CT molecular complexity index is 1270. The summed E-state index contributed by atoms with van der Waals surface area (Å²) < 4.78 is 26.2. The van der Waals surface area contributed by atoms with Gasteiger partial charge >= 0.3 is 6.03 Å². The van der Waals surface area contributed by atoms with Crippen LogP contribution in [0.1, 0.15) is 18.4 Å². The van der Waals surface area contributed by atoms with Crippen LogP contribution >= 0.6 is 0 Å². The molecule has 0 atom stereocenters. The lowest BCUT2D eigenvalue weighted by Gasteiger charge is -2.39. The molecule has 8 heteroatoms. The summed E-state index contributed by atoms with van der Waals surface area (Å²) >= 11 is 0. The molecule has 160 valence electrons. The van der Waals surface area contributed by atoms with Gasteiger partial charge in [-0.2, -0.15) is 0 Å². The number of aromatic nitrogens is 1. The molecule has 1 spiro atoms. The lowest BCUT2D eigenvalue weighted by molar-refractivity contribution is 0.173. The zero-order valence-corrected chi connectivity index (χ0v) is 18.1. The van der Waals surface area contributed by atoms with Crippen LogP contribution in [0.25, 0.3) is 10.9 Å². The van der Waals surface area contributed by atoms with Crippen molar-refractivity contribution in [3.8, 4) is 0 Å². The third-order valence-electron chi connectivity index (χ3n) is 6.43. The fraction of sp³-hybridized carbons (Fsp3) is 0.304. The number of pyridine rings is 1. The number of nitrogens with zero attached hydrogens (tertiary/aromatic N) is 3. The first kappa shape index (κ1) is 19.8. The number of piperidine rings is 1. The summed E-state index contributed by atoms with van der Waals surface area (Å²) in [4.78, 5) is 19.1. The Labute approximate surface area is 181 Å². The van der Waals surface area contributed by atoms with Gasteiger partial charge in [0.1, 0.15) is 5.82 Å². The number of likely N-dealkylation sites (tertiary alicyclic amines) is 1. The van der Waals surface area contributed by atoms with Gasteiger partial charge in [-0.1, -0.05) is 36.4 Å². The Morgan fingerprint density at radius 1 is 1.00 bits per heavy atom. The van der Waals surface area contributed by atoms with Crippen LogP contribution in [0.4, 0.5) is 16.3 Å². The topological polar surface area (TPSA) is 82.6 Å². The van der Waals surface area contributed by atoms with Crippen LogP contribution in [0.3, 0.4) is 0 Å². The third-order valence-corrected chi connectivity index (χ3v) is 7.56. The summed E-state index contributed by atoms with van der Waals surface area (Å²) in [5.74, 6) is 0.526. The number of sulfonamides is 1. The number of nitrogens with one attached hydrogen (secondary N) is 1. The zero-order valence-electron chi connectivity index (χ0n) is 17.3. The standard InChI is InChI=1S/C23H24N4O3S/c1-31(29,30)27-16-23(18-7-3-5-9-20(18)27)12-14-26(15-13-23)22(28)25-21-11-10-17-6-2-4-8-19(17)24-21/h2-11H,12-16H2,1H3,(H,24,25,28). The molecule has 5 rings (SSSR count). The molecule has 0 radical (unpaired) electrons. The van der Waals surface area contributed by atoms with Crippen LogP contribution in [0, 0.1) is 0 Å². The van der Waals surface area contributed by atoms with Gasteiger partial charge in [-0.25, -0.2) is 18.2 Å². The summed E-state index contributed by atoms with van der Waals surface area (Å²) in [6, 6.07) is 19.1.